The fourth-order valence-corrected chi connectivity index (χ4v) is 5.96. The number of rotatable bonds is 15. The first-order valence-corrected chi connectivity index (χ1v) is 16.9. The number of aromatic nitrogens is 1. The maximum atomic E-state index is 13.0. The Morgan fingerprint density at radius 1 is 1.09 bits per heavy atom. The van der Waals surface area contributed by atoms with Gasteiger partial charge in [0, 0.05) is 31.2 Å². The lowest BCUT2D eigenvalue weighted by atomic mass is 10.1. The van der Waals surface area contributed by atoms with Crippen LogP contribution in [0.1, 0.15) is 44.9 Å². The van der Waals surface area contributed by atoms with Crippen LogP contribution in [0, 0.1) is 5.41 Å². The van der Waals surface area contributed by atoms with Crippen molar-refractivity contribution in [3.05, 3.63) is 36.5 Å². The summed E-state index contributed by atoms with van der Waals surface area (Å²) in [4.78, 5) is 43.1. The van der Waals surface area contributed by atoms with E-state index in [2.05, 4.69) is 20.3 Å². The van der Waals surface area contributed by atoms with Crippen LogP contribution >= 0.6 is 0 Å². The van der Waals surface area contributed by atoms with Crippen molar-refractivity contribution in [1.82, 2.24) is 25.2 Å². The van der Waals surface area contributed by atoms with Crippen molar-refractivity contribution in [1.29, 1.82) is 5.41 Å². The van der Waals surface area contributed by atoms with Gasteiger partial charge in [-0.2, -0.15) is 8.42 Å². The van der Waals surface area contributed by atoms with Crippen LogP contribution in [0.3, 0.4) is 0 Å². The van der Waals surface area contributed by atoms with Crippen LogP contribution in [-0.4, -0.2) is 97.6 Å². The highest BCUT2D eigenvalue weighted by atomic mass is 32.3. The van der Waals surface area contributed by atoms with Crippen molar-refractivity contribution in [3.63, 3.8) is 0 Å². The number of fused-ring (bicyclic) bond motifs is 1. The van der Waals surface area contributed by atoms with Crippen LogP contribution < -0.4 is 26.8 Å². The van der Waals surface area contributed by atoms with Crippen molar-refractivity contribution in [3.8, 4) is 0 Å². The Hall–Kier alpha value is -3.75. The van der Waals surface area contributed by atoms with Crippen molar-refractivity contribution in [2.45, 2.75) is 68.0 Å². The number of likely N-dealkylation sites (tertiary alicyclic amines) is 1. The molecular formula is C26H40N8O9S2. The van der Waals surface area contributed by atoms with Gasteiger partial charge in [0.25, 0.3) is 0 Å². The number of hydrogen-bond donors (Lipinski definition) is 8. The Bertz CT molecular complexity index is 1530. The molecule has 0 bridgehead atoms. The highest BCUT2D eigenvalue weighted by molar-refractivity contribution is 7.89. The van der Waals surface area contributed by atoms with Crippen molar-refractivity contribution in [2.24, 2.45) is 11.5 Å². The first-order chi connectivity index (χ1) is 21.1. The maximum Gasteiger partial charge on any atom is 0.394 e. The van der Waals surface area contributed by atoms with Crippen molar-refractivity contribution in [2.75, 3.05) is 19.6 Å². The molecule has 1 saturated heterocycles. The number of aldehydes is 1. The quantitative estimate of drug-likeness (QED) is 0.0382. The number of nitrogens with zero attached hydrogens (tertiary/aromatic N) is 2. The molecule has 45 heavy (non-hydrogen) atoms. The average Bonchev–Trinajstić information content (AvgIpc) is 3.47. The van der Waals surface area contributed by atoms with Crippen LogP contribution in [0.15, 0.2) is 41.4 Å². The second-order valence-electron chi connectivity index (χ2n) is 10.2. The number of pyridine rings is 1. The van der Waals surface area contributed by atoms with Gasteiger partial charge in [0.2, 0.25) is 21.8 Å². The molecule has 0 radical (unpaired) electrons. The highest BCUT2D eigenvalue weighted by Crippen LogP contribution is 2.21. The minimum absolute atomic E-state index is 0.111. The standard InChI is InChI=1S/C26H38N8O5S.H2O4S/c27-20(10-1-2-15-32-40(38,39)22-12-3-7-18-8-4-13-30-23(18)22)25(37)34-16-6-11-21(34)24(36)33-19(17-35)9-5-14-31-26(28)29;1-5(2,3)4/h3-4,7-8,12-13,17,19-21,32H,1-2,5-6,9-11,14-16,27H2,(H,33,36)(H4,28,29,31);(H2,1,2,3,4)/t19-,20+,21-;/m0./s1. The number of carbonyl (C=O) groups is 3. The van der Waals surface area contributed by atoms with Crippen molar-refractivity contribution < 1.29 is 40.3 Å². The molecule has 1 aromatic heterocycles. The van der Waals surface area contributed by atoms with E-state index in [1.807, 2.05) is 0 Å². The fourth-order valence-electron chi connectivity index (χ4n) is 4.70. The number of guanidine groups is 1. The van der Waals surface area contributed by atoms with E-state index in [4.69, 9.17) is 34.4 Å². The molecule has 2 aromatic rings. The molecule has 10 N–H and O–H groups in total. The van der Waals surface area contributed by atoms with Crippen molar-refractivity contribution >= 4 is 55.4 Å². The van der Waals surface area contributed by atoms with Crippen LogP contribution in [0.5, 0.6) is 0 Å². The zero-order valence-corrected chi connectivity index (χ0v) is 26.1. The number of hydrogen-bond acceptors (Lipinski definition) is 10. The average molecular weight is 673 g/mol. The van der Waals surface area contributed by atoms with E-state index in [1.165, 1.54) is 11.0 Å². The topological polar surface area (TPSA) is 288 Å². The van der Waals surface area contributed by atoms with E-state index in [9.17, 15) is 22.8 Å². The Kier molecular flexibility index (Phi) is 14.7. The molecule has 2 heterocycles. The van der Waals surface area contributed by atoms with Gasteiger partial charge < -0.3 is 31.8 Å². The second kappa shape index (κ2) is 17.7. The summed E-state index contributed by atoms with van der Waals surface area (Å²) in [5, 5.41) is 13.2. The summed E-state index contributed by atoms with van der Waals surface area (Å²) in [6, 6.07) is 6.29. The number of nitrogens with one attached hydrogen (secondary N) is 4. The molecule has 1 aliphatic heterocycles. The van der Waals surface area contributed by atoms with E-state index >= 15 is 0 Å². The first-order valence-electron chi connectivity index (χ1n) is 14.1. The zero-order chi connectivity index (χ0) is 33.6. The Labute approximate surface area is 261 Å². The number of carbonyl (C=O) groups excluding carboxylic acids is 3. The molecule has 1 aliphatic rings. The molecule has 0 unspecified atom stereocenters. The summed E-state index contributed by atoms with van der Waals surface area (Å²) in [6.07, 6.45) is 5.54. The minimum atomic E-state index is -4.67. The highest BCUT2D eigenvalue weighted by Gasteiger charge is 2.36. The van der Waals surface area contributed by atoms with Crippen LogP contribution in [-0.2, 0) is 34.8 Å². The van der Waals surface area contributed by atoms with Gasteiger partial charge in [-0.1, -0.05) is 24.6 Å². The summed E-state index contributed by atoms with van der Waals surface area (Å²) < 4.78 is 59.8. The van der Waals surface area contributed by atoms with Gasteiger partial charge in [0.1, 0.15) is 17.2 Å². The fraction of sp³-hybridized carbons (Fsp3) is 0.500. The van der Waals surface area contributed by atoms with Crippen LogP contribution in [0.2, 0.25) is 0 Å². The van der Waals surface area contributed by atoms with Gasteiger partial charge in [-0.25, -0.2) is 13.1 Å². The molecule has 250 valence electrons. The third-order valence-corrected chi connectivity index (χ3v) is 8.27. The molecule has 0 saturated carbocycles. The Morgan fingerprint density at radius 2 is 1.78 bits per heavy atom. The van der Waals surface area contributed by atoms with E-state index in [0.717, 1.165) is 5.39 Å². The van der Waals surface area contributed by atoms with E-state index < -0.39 is 44.5 Å². The van der Waals surface area contributed by atoms with Gasteiger partial charge >= 0.3 is 10.4 Å². The number of nitrogens with two attached hydrogens (primary N) is 2. The third kappa shape index (κ3) is 13.0. The molecule has 2 amide bonds. The SMILES string of the molecule is N=C(N)NCCC[C@@H](C=O)NC(=O)[C@@H]1CCCN1C(=O)[C@H](N)CCCCNS(=O)(=O)c1cccc2cccnc12.O=S(=O)(O)O. The summed E-state index contributed by atoms with van der Waals surface area (Å²) in [5.41, 5.74) is 11.8. The largest absolute Gasteiger partial charge is 0.394 e. The van der Waals surface area contributed by atoms with Gasteiger partial charge in [-0.3, -0.25) is 29.1 Å². The summed E-state index contributed by atoms with van der Waals surface area (Å²) in [7, 11) is -8.43. The minimum Gasteiger partial charge on any atom is -0.370 e. The lowest BCUT2D eigenvalue weighted by Gasteiger charge is -2.27. The maximum absolute atomic E-state index is 13.0. The summed E-state index contributed by atoms with van der Waals surface area (Å²) >= 11 is 0. The van der Waals surface area contributed by atoms with Crippen LogP contribution in [0.4, 0.5) is 0 Å². The number of amides is 2. The zero-order valence-electron chi connectivity index (χ0n) is 24.5. The monoisotopic (exact) mass is 672 g/mol. The number of benzene rings is 1. The molecular weight excluding hydrogens is 632 g/mol. The molecule has 1 aromatic carbocycles. The molecule has 19 heteroatoms. The molecule has 0 aliphatic carbocycles. The van der Waals surface area contributed by atoms with E-state index in [1.54, 1.807) is 30.5 Å². The molecule has 1 fully saturated rings. The van der Waals surface area contributed by atoms with Gasteiger partial charge in [-0.15, -0.1) is 0 Å². The third-order valence-electron chi connectivity index (χ3n) is 6.77. The Balaban J connectivity index is 0.00000130. The molecule has 17 nitrogen and oxygen atoms in total. The first kappa shape index (κ1) is 37.4. The van der Waals surface area contributed by atoms with Gasteiger partial charge in [0.05, 0.1) is 17.6 Å². The second-order valence-corrected chi connectivity index (χ2v) is 12.8. The smallest absolute Gasteiger partial charge is 0.370 e. The number of para-hydroxylation sites is 1. The lowest BCUT2D eigenvalue weighted by molar-refractivity contribution is -0.140. The van der Waals surface area contributed by atoms with E-state index in [0.29, 0.717) is 69.8 Å². The summed E-state index contributed by atoms with van der Waals surface area (Å²) in [5.74, 6) is -0.900. The van der Waals surface area contributed by atoms with Crippen LogP contribution in [0.25, 0.3) is 10.9 Å². The Morgan fingerprint density at radius 3 is 2.44 bits per heavy atom. The van der Waals surface area contributed by atoms with Gasteiger partial charge in [-0.05, 0) is 50.7 Å². The van der Waals surface area contributed by atoms with E-state index in [-0.39, 0.29) is 23.3 Å². The molecule has 3 rings (SSSR count). The van der Waals surface area contributed by atoms with Gasteiger partial charge in [0.15, 0.2) is 5.96 Å². The molecule has 3 atom stereocenters. The normalized spacial score (nSPS) is 16.2. The predicted octanol–water partition coefficient (Wildman–Crippen LogP) is -0.704. The summed E-state index contributed by atoms with van der Waals surface area (Å²) in [6.45, 7) is 0.980. The number of unbranched alkanes of at least 4 members (excludes halogenated alkanes) is 1. The predicted molar refractivity (Wildman–Crippen MR) is 165 cm³/mol. The molecule has 0 spiro atoms. The lowest BCUT2D eigenvalue weighted by Crippen LogP contribution is -2.53. The number of sulfonamides is 1.